The molecule has 9 aromatic carbocycles. The van der Waals surface area contributed by atoms with Crippen LogP contribution in [0, 0.1) is 39.0 Å². The molecule has 84 heavy (non-hydrogen) atoms. The third-order valence-corrected chi connectivity index (χ3v) is 15.2. The molecule has 4 nitrogen and oxygen atoms in total. The lowest BCUT2D eigenvalue weighted by Gasteiger charge is -2.18. The molecule has 0 aliphatic heterocycles. The molecule has 0 saturated heterocycles. The molecule has 0 radical (unpaired) electrons. The monoisotopic (exact) mass is 1140 g/mol. The summed E-state index contributed by atoms with van der Waals surface area (Å²) in [7, 11) is 0. The van der Waals surface area contributed by atoms with Crippen LogP contribution >= 0.6 is 0 Å². The van der Waals surface area contributed by atoms with Gasteiger partial charge in [-0.3, -0.25) is 4.57 Å². The molecular formula is C68H42F12N4. The maximum atomic E-state index is 14.4. The summed E-state index contributed by atoms with van der Waals surface area (Å²) in [4.78, 5) is 5.13. The van der Waals surface area contributed by atoms with Gasteiger partial charge in [-0.1, -0.05) is 125 Å². The van der Waals surface area contributed by atoms with E-state index in [1.165, 1.54) is 30.5 Å². The van der Waals surface area contributed by atoms with Crippen molar-refractivity contribution in [2.45, 2.75) is 52.4 Å². The van der Waals surface area contributed by atoms with Gasteiger partial charge in [-0.2, -0.15) is 57.9 Å². The smallest absolute Gasteiger partial charge is 0.307 e. The number of aryl methyl sites for hydroxylation is 4. The molecule has 16 heteroatoms. The van der Waals surface area contributed by atoms with E-state index >= 15 is 0 Å². The minimum absolute atomic E-state index is 0.0186. The third-order valence-electron chi connectivity index (χ3n) is 15.2. The van der Waals surface area contributed by atoms with E-state index in [9.17, 15) is 57.9 Å². The molecule has 0 spiro atoms. The van der Waals surface area contributed by atoms with Gasteiger partial charge in [0, 0.05) is 32.7 Å². The molecular weight excluding hydrogens is 1100 g/mol. The van der Waals surface area contributed by atoms with Crippen molar-refractivity contribution in [3.8, 4) is 73.2 Å². The molecule has 0 bridgehead atoms. The number of hydrogen-bond acceptors (Lipinski definition) is 2. The number of rotatable bonds is 7. The predicted molar refractivity (Wildman–Crippen MR) is 304 cm³/mol. The Morgan fingerprint density at radius 2 is 0.679 bits per heavy atom. The highest BCUT2D eigenvalue weighted by molar-refractivity contribution is 6.13. The van der Waals surface area contributed by atoms with Crippen LogP contribution in [0.2, 0.25) is 0 Å². The average molecular weight is 1140 g/mol. The second kappa shape index (κ2) is 19.8. The normalized spacial score (nSPS) is 12.5. The quantitative estimate of drug-likeness (QED) is 0.149. The number of fused-ring (bicyclic) bond motifs is 6. The number of halogens is 12. The summed E-state index contributed by atoms with van der Waals surface area (Å²) >= 11 is 0. The number of hydrogen-bond donors (Lipinski definition) is 0. The molecule has 0 amide bonds. The Morgan fingerprint density at radius 3 is 1.02 bits per heavy atom. The van der Waals surface area contributed by atoms with Crippen molar-refractivity contribution in [3.05, 3.63) is 232 Å². The lowest BCUT2D eigenvalue weighted by Crippen LogP contribution is -2.11. The topological polar surface area (TPSA) is 46.5 Å². The molecule has 0 unspecified atom stereocenters. The summed E-state index contributed by atoms with van der Waals surface area (Å²) in [6, 6.07) is 46.1. The Hall–Kier alpha value is -9.62. The van der Waals surface area contributed by atoms with Gasteiger partial charge in [0.2, 0.25) is 0 Å². The summed E-state index contributed by atoms with van der Waals surface area (Å²) in [5.74, 6) is 0.192. The van der Waals surface area contributed by atoms with E-state index in [2.05, 4.69) is 6.07 Å². The van der Waals surface area contributed by atoms with Crippen LogP contribution in [0.4, 0.5) is 52.7 Å². The number of aromatic nitrogens is 3. The van der Waals surface area contributed by atoms with E-state index in [0.717, 1.165) is 44.5 Å². The van der Waals surface area contributed by atoms with Gasteiger partial charge in [-0.15, -0.1) is 0 Å². The van der Waals surface area contributed by atoms with Gasteiger partial charge in [0.15, 0.2) is 0 Å². The van der Waals surface area contributed by atoms with Gasteiger partial charge in [0.25, 0.3) is 0 Å². The number of nitrogens with zero attached hydrogens (tertiary/aromatic N) is 4. The van der Waals surface area contributed by atoms with Gasteiger partial charge < -0.3 is 4.57 Å². The lowest BCUT2D eigenvalue weighted by atomic mass is 9.97. The average Bonchev–Trinajstić information content (AvgIpc) is 1.76. The zero-order chi connectivity index (χ0) is 59.5. The zero-order valence-electron chi connectivity index (χ0n) is 44.6. The maximum absolute atomic E-state index is 14.4. The van der Waals surface area contributed by atoms with Crippen LogP contribution < -0.4 is 0 Å². The highest BCUT2D eigenvalue weighted by Crippen LogP contribution is 2.46. The van der Waals surface area contributed by atoms with Gasteiger partial charge in [-0.05, 0) is 145 Å². The summed E-state index contributed by atoms with van der Waals surface area (Å²) in [5.41, 5.74) is 3.49. The zero-order valence-corrected chi connectivity index (χ0v) is 44.6. The molecule has 0 atom stereocenters. The molecule has 0 saturated carbocycles. The van der Waals surface area contributed by atoms with Crippen LogP contribution in [0.25, 0.3) is 111 Å². The van der Waals surface area contributed by atoms with Gasteiger partial charge in [0.1, 0.15) is 5.82 Å². The molecule has 0 fully saturated rings. The van der Waals surface area contributed by atoms with Crippen molar-refractivity contribution in [1.82, 2.24) is 14.1 Å². The minimum Gasteiger partial charge on any atom is -0.307 e. The van der Waals surface area contributed by atoms with Crippen molar-refractivity contribution >= 4 is 43.6 Å². The SMILES string of the molecule is Cc1cc(C)cc(-c2ccc3c4ccc(-c5cc(C(F)(F)F)cc(C(F)(F)F)c5)cc4n(-c4cc(-c5ccccc5C#N)c(-n5c6cc(-c7cc(C)cc(C)c7)ccc6c6ccc(-c7cc(C(F)(F)F)cc(C(F)(F)F)c7)cc65)cn4)c3c2)c1. The van der Waals surface area contributed by atoms with E-state index in [1.54, 1.807) is 51.6 Å². The van der Waals surface area contributed by atoms with E-state index < -0.39 is 47.0 Å². The van der Waals surface area contributed by atoms with E-state index in [-0.39, 0.29) is 45.8 Å². The molecule has 0 N–H and O–H groups in total. The molecule has 12 rings (SSSR count). The molecule has 12 aromatic rings. The van der Waals surface area contributed by atoms with E-state index in [1.807, 2.05) is 100 Å². The fourth-order valence-electron chi connectivity index (χ4n) is 11.6. The summed E-state index contributed by atoms with van der Waals surface area (Å²) in [6.45, 7) is 7.81. The first-order valence-corrected chi connectivity index (χ1v) is 26.1. The number of alkyl halides is 12. The molecule has 418 valence electrons. The van der Waals surface area contributed by atoms with Crippen molar-refractivity contribution in [1.29, 1.82) is 5.26 Å². The Kier molecular flexibility index (Phi) is 12.9. The Balaban J connectivity index is 1.18. The summed E-state index contributed by atoms with van der Waals surface area (Å²) in [5, 5.41) is 13.2. The predicted octanol–water partition coefficient (Wildman–Crippen LogP) is 20.8. The molecule has 0 aliphatic rings. The fraction of sp³-hybridized carbons (Fsp3) is 0.118. The first-order valence-electron chi connectivity index (χ1n) is 26.1. The standard InChI is InChI=1S/C68H42F12N4/c1-36-17-37(2)20-45(19-36)40-9-13-54-55-14-11-42(47-23-49(65(69,70)71)31-50(24-47)66(72,73)74)28-60(55)83(59(54)27-40)63-35-82-64(33-58(63)53-8-6-5-7-44(53)34-81)84-61-29-41(46-21-38(3)18-39(4)22-46)10-15-56(61)57-16-12-43(30-62(57)84)48-25-51(67(75,76)77)32-52(26-48)68(78,79)80/h5-33,35H,1-4H3. The number of benzene rings is 9. The summed E-state index contributed by atoms with van der Waals surface area (Å²) < 4.78 is 176. The Bertz CT molecular complexity index is 4630. The lowest BCUT2D eigenvalue weighted by molar-refractivity contribution is -0.144. The second-order valence-corrected chi connectivity index (χ2v) is 21.2. The fourth-order valence-corrected chi connectivity index (χ4v) is 11.6. The largest absolute Gasteiger partial charge is 0.416 e. The second-order valence-electron chi connectivity index (χ2n) is 21.2. The number of nitriles is 1. The highest BCUT2D eigenvalue weighted by atomic mass is 19.4. The van der Waals surface area contributed by atoms with Gasteiger partial charge in [-0.25, -0.2) is 4.98 Å². The highest BCUT2D eigenvalue weighted by Gasteiger charge is 2.39. The van der Waals surface area contributed by atoms with Crippen LogP contribution in [0.5, 0.6) is 0 Å². The van der Waals surface area contributed by atoms with Crippen molar-refractivity contribution in [2.75, 3.05) is 0 Å². The van der Waals surface area contributed by atoms with Crippen molar-refractivity contribution < 1.29 is 52.7 Å². The third kappa shape index (κ3) is 9.96. The van der Waals surface area contributed by atoms with Crippen LogP contribution in [0.3, 0.4) is 0 Å². The van der Waals surface area contributed by atoms with Crippen LogP contribution in [0.15, 0.2) is 182 Å². The first kappa shape index (κ1) is 54.9. The van der Waals surface area contributed by atoms with Gasteiger partial charge in [0.05, 0.1) is 67.8 Å². The van der Waals surface area contributed by atoms with E-state index in [4.69, 9.17) is 4.98 Å². The maximum Gasteiger partial charge on any atom is 0.416 e. The van der Waals surface area contributed by atoms with Crippen LogP contribution in [-0.4, -0.2) is 14.1 Å². The molecule has 0 aliphatic carbocycles. The van der Waals surface area contributed by atoms with Gasteiger partial charge >= 0.3 is 24.7 Å². The van der Waals surface area contributed by atoms with Crippen LogP contribution in [-0.2, 0) is 24.7 Å². The van der Waals surface area contributed by atoms with E-state index in [0.29, 0.717) is 84.7 Å². The van der Waals surface area contributed by atoms with Crippen molar-refractivity contribution in [3.63, 3.8) is 0 Å². The van der Waals surface area contributed by atoms with Crippen LogP contribution in [0.1, 0.15) is 50.1 Å². The molecule has 3 aromatic heterocycles. The van der Waals surface area contributed by atoms with Crippen molar-refractivity contribution in [2.24, 2.45) is 0 Å². The Labute approximate surface area is 471 Å². The summed E-state index contributed by atoms with van der Waals surface area (Å²) in [6.07, 6.45) is -19.0. The minimum atomic E-state index is -5.13. The molecule has 3 heterocycles. The Morgan fingerprint density at radius 1 is 0.345 bits per heavy atom. The first-order chi connectivity index (χ1) is 39.7. The number of pyridine rings is 1.